The summed E-state index contributed by atoms with van der Waals surface area (Å²) in [5, 5.41) is 42.8. The van der Waals surface area contributed by atoms with E-state index in [1.807, 2.05) is 0 Å². The van der Waals surface area contributed by atoms with E-state index in [-0.39, 0.29) is 34.4 Å². The second-order valence-electron chi connectivity index (χ2n) is 4.65. The van der Waals surface area contributed by atoms with Gasteiger partial charge in [0.05, 0.1) is 13.2 Å². The van der Waals surface area contributed by atoms with Crippen LogP contribution in [0.25, 0.3) is 0 Å². The van der Waals surface area contributed by atoms with Crippen molar-refractivity contribution in [1.82, 2.24) is 4.98 Å². The second-order valence-corrected chi connectivity index (χ2v) is 5.51. The Morgan fingerprint density at radius 1 is 1.39 bits per heavy atom. The van der Waals surface area contributed by atoms with Gasteiger partial charge in [-0.1, -0.05) is 0 Å². The Balaban J connectivity index is 0.00000264. The average molecular weight is 415 g/mol. The van der Waals surface area contributed by atoms with Crippen molar-refractivity contribution in [2.75, 3.05) is 18.5 Å². The summed E-state index contributed by atoms with van der Waals surface area (Å²) in [6.45, 7) is 1.39. The number of aliphatic hydroxyl groups excluding tert-OH is 4. The number of esters is 1. The van der Waals surface area contributed by atoms with Crippen molar-refractivity contribution < 1.29 is 34.7 Å². The Morgan fingerprint density at radius 3 is 2.70 bits per heavy atom. The van der Waals surface area contributed by atoms with E-state index in [0.29, 0.717) is 0 Å². The third-order valence-electron chi connectivity index (χ3n) is 3.15. The molecular weight excluding hydrogens is 396 g/mol. The van der Waals surface area contributed by atoms with Gasteiger partial charge in [0.15, 0.2) is 17.1 Å². The maximum absolute atomic E-state index is 11.5. The standard InChI is InChI=1S/C12H18N2O7S.BrH/c1-2-20-11(19)5-4-22-12(13-5)14-10-9(18)8(17)7(16)6(3-15)21-10;/h4,6-10,15-18H,2-3H2,1H3,(H,13,14);1H/t6-,7+,8+,9-,10-;/m1./s1. The zero-order valence-corrected chi connectivity index (χ0v) is 14.7. The summed E-state index contributed by atoms with van der Waals surface area (Å²) in [6.07, 6.45) is -6.43. The van der Waals surface area contributed by atoms with Crippen LogP contribution in [0.1, 0.15) is 17.4 Å². The van der Waals surface area contributed by atoms with Crippen molar-refractivity contribution in [3.63, 3.8) is 0 Å². The van der Waals surface area contributed by atoms with E-state index < -0.39 is 43.2 Å². The van der Waals surface area contributed by atoms with Crippen LogP contribution in [0.2, 0.25) is 0 Å². The lowest BCUT2D eigenvalue weighted by Crippen LogP contribution is -2.60. The molecular formula is C12H19BrN2O7S. The third-order valence-corrected chi connectivity index (χ3v) is 3.92. The first kappa shape index (κ1) is 20.2. The van der Waals surface area contributed by atoms with Crippen LogP contribution in [0.3, 0.4) is 0 Å². The minimum atomic E-state index is -1.48. The van der Waals surface area contributed by atoms with Gasteiger partial charge >= 0.3 is 5.97 Å². The molecule has 0 saturated carbocycles. The van der Waals surface area contributed by atoms with Crippen LogP contribution >= 0.6 is 28.3 Å². The lowest BCUT2D eigenvalue weighted by Gasteiger charge is -2.40. The zero-order chi connectivity index (χ0) is 16.3. The Labute approximate surface area is 146 Å². The molecule has 11 heteroatoms. The van der Waals surface area contributed by atoms with Gasteiger partial charge in [-0.25, -0.2) is 9.78 Å². The predicted octanol–water partition coefficient (Wildman–Crippen LogP) is -0.891. The van der Waals surface area contributed by atoms with Gasteiger partial charge in [-0.3, -0.25) is 0 Å². The molecule has 1 aromatic rings. The van der Waals surface area contributed by atoms with Gasteiger partial charge in [0.1, 0.15) is 24.4 Å². The van der Waals surface area contributed by atoms with Gasteiger partial charge < -0.3 is 35.2 Å². The molecule has 0 amide bonds. The van der Waals surface area contributed by atoms with Crippen molar-refractivity contribution in [1.29, 1.82) is 0 Å². The predicted molar refractivity (Wildman–Crippen MR) is 85.8 cm³/mol. The van der Waals surface area contributed by atoms with Gasteiger partial charge in [0.2, 0.25) is 0 Å². The molecule has 5 atom stereocenters. The number of aliphatic hydroxyl groups is 4. The van der Waals surface area contributed by atoms with E-state index in [9.17, 15) is 20.1 Å². The number of halogens is 1. The molecule has 1 aromatic heterocycles. The van der Waals surface area contributed by atoms with Gasteiger partial charge in [0, 0.05) is 5.38 Å². The molecule has 23 heavy (non-hydrogen) atoms. The Morgan fingerprint density at radius 2 is 2.09 bits per heavy atom. The topological polar surface area (TPSA) is 141 Å². The fourth-order valence-corrected chi connectivity index (χ4v) is 2.69. The fraction of sp³-hybridized carbons (Fsp3) is 0.667. The minimum absolute atomic E-state index is 0. The normalized spacial score (nSPS) is 30.4. The first-order valence-corrected chi connectivity index (χ1v) is 7.55. The van der Waals surface area contributed by atoms with Crippen LogP contribution in [0.5, 0.6) is 0 Å². The molecule has 2 rings (SSSR count). The van der Waals surface area contributed by atoms with Gasteiger partial charge in [-0.05, 0) is 6.92 Å². The molecule has 0 spiro atoms. The van der Waals surface area contributed by atoms with E-state index in [1.165, 1.54) is 5.38 Å². The Hall–Kier alpha value is -0.820. The van der Waals surface area contributed by atoms with Gasteiger partial charge in [-0.15, -0.1) is 28.3 Å². The number of thiazole rings is 1. The van der Waals surface area contributed by atoms with E-state index in [1.54, 1.807) is 6.92 Å². The van der Waals surface area contributed by atoms with Crippen molar-refractivity contribution in [3.05, 3.63) is 11.1 Å². The molecule has 0 aliphatic carbocycles. The number of carbonyl (C=O) groups excluding carboxylic acids is 1. The van der Waals surface area contributed by atoms with Crippen LogP contribution < -0.4 is 5.32 Å². The third kappa shape index (κ3) is 4.59. The smallest absolute Gasteiger partial charge is 0.357 e. The fourth-order valence-electron chi connectivity index (χ4n) is 1.98. The molecule has 1 aliphatic rings. The highest BCUT2D eigenvalue weighted by atomic mass is 79.9. The Bertz CT molecular complexity index is 515. The number of anilines is 1. The molecule has 1 aliphatic heterocycles. The highest BCUT2D eigenvalue weighted by Crippen LogP contribution is 2.24. The van der Waals surface area contributed by atoms with Crippen LogP contribution in [-0.2, 0) is 9.47 Å². The molecule has 5 N–H and O–H groups in total. The van der Waals surface area contributed by atoms with Crippen LogP contribution in [0.15, 0.2) is 5.38 Å². The number of nitrogens with one attached hydrogen (secondary N) is 1. The number of hydrogen-bond donors (Lipinski definition) is 5. The summed E-state index contributed by atoms with van der Waals surface area (Å²) >= 11 is 1.09. The average Bonchev–Trinajstić information content (AvgIpc) is 2.97. The number of aromatic nitrogens is 1. The highest BCUT2D eigenvalue weighted by molar-refractivity contribution is 8.93. The summed E-state index contributed by atoms with van der Waals surface area (Å²) in [4.78, 5) is 15.5. The lowest BCUT2D eigenvalue weighted by atomic mass is 9.98. The first-order valence-electron chi connectivity index (χ1n) is 6.67. The number of hydrogen-bond acceptors (Lipinski definition) is 10. The summed E-state index contributed by atoms with van der Waals surface area (Å²) < 4.78 is 10.1. The molecule has 1 fully saturated rings. The number of ether oxygens (including phenoxy) is 2. The first-order chi connectivity index (χ1) is 10.5. The van der Waals surface area contributed by atoms with Crippen molar-refractivity contribution in [2.45, 2.75) is 37.6 Å². The monoisotopic (exact) mass is 414 g/mol. The van der Waals surface area contributed by atoms with Crippen molar-refractivity contribution in [2.24, 2.45) is 0 Å². The second kappa shape index (κ2) is 8.87. The van der Waals surface area contributed by atoms with Gasteiger partial charge in [-0.2, -0.15) is 0 Å². The van der Waals surface area contributed by atoms with Crippen LogP contribution in [-0.4, -0.2) is 75.2 Å². The lowest BCUT2D eigenvalue weighted by molar-refractivity contribution is -0.221. The van der Waals surface area contributed by atoms with E-state index in [4.69, 9.17) is 14.6 Å². The highest BCUT2D eigenvalue weighted by Gasteiger charge is 2.43. The quantitative estimate of drug-likeness (QED) is 0.387. The van der Waals surface area contributed by atoms with E-state index in [0.717, 1.165) is 11.3 Å². The maximum atomic E-state index is 11.5. The number of carbonyl (C=O) groups is 1. The van der Waals surface area contributed by atoms with E-state index >= 15 is 0 Å². The van der Waals surface area contributed by atoms with Gasteiger partial charge in [0.25, 0.3) is 0 Å². The van der Waals surface area contributed by atoms with Crippen molar-refractivity contribution in [3.8, 4) is 0 Å². The summed E-state index contributed by atoms with van der Waals surface area (Å²) in [6, 6.07) is 0. The molecule has 9 nitrogen and oxygen atoms in total. The van der Waals surface area contributed by atoms with Crippen LogP contribution in [0, 0.1) is 0 Å². The zero-order valence-electron chi connectivity index (χ0n) is 12.2. The molecule has 0 unspecified atom stereocenters. The van der Waals surface area contributed by atoms with Crippen LogP contribution in [0.4, 0.5) is 5.13 Å². The molecule has 132 valence electrons. The van der Waals surface area contributed by atoms with E-state index in [2.05, 4.69) is 10.3 Å². The number of nitrogens with zero attached hydrogens (tertiary/aromatic N) is 1. The molecule has 0 aromatic carbocycles. The van der Waals surface area contributed by atoms with Crippen molar-refractivity contribution >= 4 is 39.4 Å². The largest absolute Gasteiger partial charge is 0.461 e. The minimum Gasteiger partial charge on any atom is -0.461 e. The molecule has 1 saturated heterocycles. The Kier molecular flexibility index (Phi) is 7.80. The molecule has 2 heterocycles. The SMILES string of the molecule is Br.CCOC(=O)c1csc(N[C@@H]2O[C@H](CO)[C@H](O)[C@H](O)[C@H]2O)n1. The number of rotatable bonds is 5. The summed E-state index contributed by atoms with van der Waals surface area (Å²) in [5.41, 5.74) is 0.110. The maximum Gasteiger partial charge on any atom is 0.357 e. The molecule has 0 radical (unpaired) electrons. The summed E-state index contributed by atoms with van der Waals surface area (Å²) in [7, 11) is 0. The molecule has 0 bridgehead atoms. The summed E-state index contributed by atoms with van der Waals surface area (Å²) in [5.74, 6) is -0.569.